The molecule has 0 saturated carbocycles. The fourth-order valence-electron chi connectivity index (χ4n) is 2.85. The molecule has 3 aromatic rings. The molecular weight excluding hydrogens is 348 g/mol. The minimum absolute atomic E-state index is 0.134. The van der Waals surface area contributed by atoms with Crippen molar-refractivity contribution in [2.45, 2.75) is 13.0 Å². The molecule has 0 bridgehead atoms. The highest BCUT2D eigenvalue weighted by Crippen LogP contribution is 2.23. The minimum atomic E-state index is -0.134. The molecule has 0 N–H and O–H groups in total. The van der Waals surface area contributed by atoms with Crippen molar-refractivity contribution in [3.05, 3.63) is 84.1 Å². The van der Waals surface area contributed by atoms with Crippen LogP contribution in [-0.2, 0) is 11.3 Å². The molecule has 0 aliphatic rings. The van der Waals surface area contributed by atoms with Crippen LogP contribution in [0.4, 0.5) is 0 Å². The topological polar surface area (TPSA) is 61.9 Å². The van der Waals surface area contributed by atoms with Crippen LogP contribution in [0, 0.1) is 11.3 Å². The summed E-state index contributed by atoms with van der Waals surface area (Å²) in [5, 5.41) is 13.4. The van der Waals surface area contributed by atoms with Gasteiger partial charge in [-0.25, -0.2) is 0 Å². The quantitative estimate of drug-likeness (QED) is 0.591. The third kappa shape index (κ3) is 4.95. The van der Waals surface area contributed by atoms with Gasteiger partial charge in [0.1, 0.15) is 0 Å². The molecule has 2 aromatic carbocycles. The molecule has 0 aliphatic carbocycles. The molecule has 0 aliphatic heterocycles. The maximum Gasteiger partial charge on any atom is 0.246 e. The van der Waals surface area contributed by atoms with Crippen LogP contribution in [-0.4, -0.2) is 34.2 Å². The summed E-state index contributed by atoms with van der Waals surface area (Å²) >= 11 is 0. The average Bonchev–Trinajstić information content (AvgIpc) is 3.14. The van der Waals surface area contributed by atoms with E-state index < -0.39 is 0 Å². The van der Waals surface area contributed by atoms with Gasteiger partial charge in [0.15, 0.2) is 0 Å². The van der Waals surface area contributed by atoms with Crippen molar-refractivity contribution in [3.8, 4) is 17.3 Å². The fourth-order valence-corrected chi connectivity index (χ4v) is 2.85. The van der Waals surface area contributed by atoms with Gasteiger partial charge in [0.2, 0.25) is 5.91 Å². The first kappa shape index (κ1) is 19.1. The van der Waals surface area contributed by atoms with Crippen LogP contribution in [0.5, 0.6) is 0 Å². The third-order valence-corrected chi connectivity index (χ3v) is 4.37. The molecule has 0 unspecified atom stereocenters. The SMILES string of the molecule is CN(CCC#N)C(=O)/C=C/c1cn(Cc2ccccc2)nc1-c1ccccc1. The zero-order chi connectivity index (χ0) is 19.8. The van der Waals surface area contributed by atoms with Gasteiger partial charge in [-0.3, -0.25) is 9.48 Å². The lowest BCUT2D eigenvalue weighted by molar-refractivity contribution is -0.124. The van der Waals surface area contributed by atoms with Crippen LogP contribution in [0.2, 0.25) is 0 Å². The number of rotatable bonds is 7. The number of nitrogens with zero attached hydrogens (tertiary/aromatic N) is 4. The molecule has 0 atom stereocenters. The monoisotopic (exact) mass is 370 g/mol. The Hall–Kier alpha value is -3.65. The van der Waals surface area contributed by atoms with Gasteiger partial charge in [-0.2, -0.15) is 10.4 Å². The molecule has 1 heterocycles. The second kappa shape index (κ2) is 9.33. The second-order valence-corrected chi connectivity index (χ2v) is 6.48. The standard InChI is InChI=1S/C23H22N4O/c1-26(16-8-15-24)22(28)14-13-21-18-27(17-19-9-4-2-5-10-19)25-23(21)20-11-6-3-7-12-20/h2-7,9-14,18H,8,16-17H2,1H3/b14-13+. The fraction of sp³-hybridized carbons (Fsp3) is 0.174. The van der Waals surface area contributed by atoms with E-state index in [0.717, 1.165) is 22.4 Å². The zero-order valence-corrected chi connectivity index (χ0v) is 15.8. The predicted octanol–water partition coefficient (Wildman–Crippen LogP) is 3.98. The Morgan fingerprint density at radius 2 is 1.82 bits per heavy atom. The molecule has 0 radical (unpaired) electrons. The summed E-state index contributed by atoms with van der Waals surface area (Å²) in [6.45, 7) is 1.07. The number of amides is 1. The highest BCUT2D eigenvalue weighted by molar-refractivity contribution is 5.92. The molecule has 1 amide bonds. The van der Waals surface area contributed by atoms with Crippen molar-refractivity contribution in [3.63, 3.8) is 0 Å². The number of carbonyl (C=O) groups is 1. The van der Waals surface area contributed by atoms with Crippen molar-refractivity contribution in [1.29, 1.82) is 5.26 Å². The maximum absolute atomic E-state index is 12.3. The molecule has 5 nitrogen and oxygen atoms in total. The van der Waals surface area contributed by atoms with E-state index in [1.807, 2.05) is 59.4 Å². The van der Waals surface area contributed by atoms with E-state index in [1.54, 1.807) is 13.1 Å². The minimum Gasteiger partial charge on any atom is -0.341 e. The molecule has 1 aromatic heterocycles. The van der Waals surface area contributed by atoms with Crippen LogP contribution in [0.25, 0.3) is 17.3 Å². The van der Waals surface area contributed by atoms with Gasteiger partial charge in [-0.15, -0.1) is 0 Å². The van der Waals surface area contributed by atoms with Gasteiger partial charge in [-0.1, -0.05) is 60.7 Å². The van der Waals surface area contributed by atoms with E-state index in [-0.39, 0.29) is 5.91 Å². The van der Waals surface area contributed by atoms with Crippen molar-refractivity contribution in [1.82, 2.24) is 14.7 Å². The van der Waals surface area contributed by atoms with Crippen LogP contribution < -0.4 is 0 Å². The number of carbonyl (C=O) groups excluding carboxylic acids is 1. The van der Waals surface area contributed by atoms with E-state index >= 15 is 0 Å². The lowest BCUT2D eigenvalue weighted by Crippen LogP contribution is -2.25. The summed E-state index contributed by atoms with van der Waals surface area (Å²) in [7, 11) is 1.70. The van der Waals surface area contributed by atoms with Gasteiger partial charge < -0.3 is 4.90 Å². The van der Waals surface area contributed by atoms with E-state index in [0.29, 0.717) is 19.5 Å². The number of nitriles is 1. The molecule has 28 heavy (non-hydrogen) atoms. The van der Waals surface area contributed by atoms with E-state index in [4.69, 9.17) is 10.4 Å². The highest BCUT2D eigenvalue weighted by atomic mass is 16.2. The largest absolute Gasteiger partial charge is 0.341 e. The van der Waals surface area contributed by atoms with E-state index in [1.165, 1.54) is 11.0 Å². The van der Waals surface area contributed by atoms with Crippen LogP contribution >= 0.6 is 0 Å². The molecule has 0 saturated heterocycles. The zero-order valence-electron chi connectivity index (χ0n) is 15.8. The van der Waals surface area contributed by atoms with Crippen LogP contribution in [0.3, 0.4) is 0 Å². The second-order valence-electron chi connectivity index (χ2n) is 6.48. The maximum atomic E-state index is 12.3. The molecule has 3 rings (SSSR count). The summed E-state index contributed by atoms with van der Waals surface area (Å²) in [4.78, 5) is 13.8. The summed E-state index contributed by atoms with van der Waals surface area (Å²) in [6.07, 6.45) is 5.60. The first-order chi connectivity index (χ1) is 13.7. The normalized spacial score (nSPS) is 10.7. The molecule has 5 heteroatoms. The Kier molecular flexibility index (Phi) is 6.37. The van der Waals surface area contributed by atoms with Gasteiger partial charge in [0.05, 0.1) is 24.7 Å². The highest BCUT2D eigenvalue weighted by Gasteiger charge is 2.11. The predicted molar refractivity (Wildman–Crippen MR) is 110 cm³/mol. The lowest BCUT2D eigenvalue weighted by Gasteiger charge is -2.12. The first-order valence-corrected chi connectivity index (χ1v) is 9.14. The van der Waals surface area contributed by atoms with Gasteiger partial charge in [-0.05, 0) is 11.6 Å². The summed E-state index contributed by atoms with van der Waals surface area (Å²) in [5.74, 6) is -0.134. The van der Waals surface area contributed by atoms with E-state index in [9.17, 15) is 4.79 Å². The van der Waals surface area contributed by atoms with Crippen molar-refractivity contribution < 1.29 is 4.79 Å². The smallest absolute Gasteiger partial charge is 0.246 e. The average molecular weight is 370 g/mol. The number of aromatic nitrogens is 2. The van der Waals surface area contributed by atoms with Crippen molar-refractivity contribution in [2.24, 2.45) is 0 Å². The van der Waals surface area contributed by atoms with Crippen LogP contribution in [0.15, 0.2) is 72.9 Å². The Bertz CT molecular complexity index is 984. The van der Waals surface area contributed by atoms with Crippen LogP contribution in [0.1, 0.15) is 17.5 Å². The Morgan fingerprint density at radius 3 is 2.50 bits per heavy atom. The molecular formula is C23H22N4O. The molecule has 0 spiro atoms. The first-order valence-electron chi connectivity index (χ1n) is 9.14. The lowest BCUT2D eigenvalue weighted by atomic mass is 10.1. The van der Waals surface area contributed by atoms with Crippen molar-refractivity contribution in [2.75, 3.05) is 13.6 Å². The number of likely N-dealkylation sites (N-methyl/N-ethyl adjacent to an activating group) is 1. The van der Waals surface area contributed by atoms with Gasteiger partial charge in [0.25, 0.3) is 0 Å². The van der Waals surface area contributed by atoms with Crippen molar-refractivity contribution >= 4 is 12.0 Å². The van der Waals surface area contributed by atoms with Gasteiger partial charge in [0, 0.05) is 37.0 Å². The number of hydrogen-bond acceptors (Lipinski definition) is 3. The van der Waals surface area contributed by atoms with E-state index in [2.05, 4.69) is 18.2 Å². The Balaban J connectivity index is 1.87. The summed E-state index contributed by atoms with van der Waals surface area (Å²) < 4.78 is 1.89. The summed E-state index contributed by atoms with van der Waals surface area (Å²) in [6, 6.07) is 22.1. The molecule has 140 valence electrons. The Morgan fingerprint density at radius 1 is 1.14 bits per heavy atom. The Labute approximate surface area is 165 Å². The third-order valence-electron chi connectivity index (χ3n) is 4.37. The van der Waals surface area contributed by atoms with Gasteiger partial charge >= 0.3 is 0 Å². The summed E-state index contributed by atoms with van der Waals surface area (Å²) in [5.41, 5.74) is 3.87. The number of benzene rings is 2. The number of hydrogen-bond donors (Lipinski definition) is 0. The molecule has 0 fully saturated rings.